The van der Waals surface area contributed by atoms with E-state index in [-0.39, 0.29) is 27.9 Å². The molecule has 2 aliphatic rings. The first-order chi connectivity index (χ1) is 15.8. The maximum Gasteiger partial charge on any atom is 0.347 e. The second kappa shape index (κ2) is 9.54. The maximum atomic E-state index is 12.9. The minimum absolute atomic E-state index is 0.0967. The van der Waals surface area contributed by atoms with Gasteiger partial charge in [0.15, 0.2) is 24.1 Å². The monoisotopic (exact) mass is 490 g/mol. The third-order valence-corrected chi connectivity index (χ3v) is 6.73. The molecule has 4 rings (SSSR count). The van der Waals surface area contributed by atoms with E-state index in [1.54, 1.807) is 4.90 Å². The van der Waals surface area contributed by atoms with Gasteiger partial charge < -0.3 is 25.9 Å². The Labute approximate surface area is 196 Å². The number of nitrogens with zero attached hydrogens (tertiary/aromatic N) is 5. The van der Waals surface area contributed by atoms with Crippen LogP contribution in [0.25, 0.3) is 0 Å². The van der Waals surface area contributed by atoms with Gasteiger partial charge in [0.2, 0.25) is 17.6 Å². The molecule has 0 aromatic carbocycles. The maximum absolute atomic E-state index is 12.9. The largest absolute Gasteiger partial charge is 0.478 e. The van der Waals surface area contributed by atoms with Crippen LogP contribution in [0.15, 0.2) is 47.5 Å². The molecule has 172 valence electrons. The fourth-order valence-electron chi connectivity index (χ4n) is 3.12. The highest BCUT2D eigenvalue weighted by Gasteiger charge is 2.50. The number of amides is 2. The number of aromatic nitrogens is 3. The molecule has 4 N–H and O–H groups in total. The molecule has 0 spiro atoms. The van der Waals surface area contributed by atoms with Gasteiger partial charge in [-0.05, 0) is 6.92 Å². The van der Waals surface area contributed by atoms with Gasteiger partial charge >= 0.3 is 5.97 Å². The van der Waals surface area contributed by atoms with Gasteiger partial charge in [-0.2, -0.15) is 9.36 Å². The Morgan fingerprint density at radius 3 is 2.85 bits per heavy atom. The summed E-state index contributed by atoms with van der Waals surface area (Å²) in [6.45, 7) is 1.92. The summed E-state index contributed by atoms with van der Waals surface area (Å²) < 4.78 is 5.95. The van der Waals surface area contributed by atoms with Crippen molar-refractivity contribution in [1.82, 2.24) is 19.6 Å². The number of carbonyl (C=O) groups excluding carboxylic acids is 2. The van der Waals surface area contributed by atoms with Gasteiger partial charge in [0.05, 0.1) is 0 Å². The highest BCUT2D eigenvalue weighted by atomic mass is 32.2. The molecule has 0 saturated carbocycles. The predicted octanol–water partition coefficient (Wildman–Crippen LogP) is -0.414. The number of thioether (sulfide) groups is 1. The number of pyridine rings is 1. The summed E-state index contributed by atoms with van der Waals surface area (Å²) in [4.78, 5) is 47.0. The molecule has 2 aromatic heterocycles. The van der Waals surface area contributed by atoms with Gasteiger partial charge in [-0.15, -0.1) is 11.8 Å². The fourth-order valence-corrected chi connectivity index (χ4v) is 4.81. The van der Waals surface area contributed by atoms with Crippen LogP contribution in [0.3, 0.4) is 0 Å². The van der Waals surface area contributed by atoms with Crippen LogP contribution in [0.5, 0.6) is 0 Å². The Morgan fingerprint density at radius 1 is 1.42 bits per heavy atom. The number of rotatable bonds is 8. The number of aliphatic carboxylic acids is 1. The van der Waals surface area contributed by atoms with Crippen molar-refractivity contribution in [3.05, 3.63) is 48.2 Å². The summed E-state index contributed by atoms with van der Waals surface area (Å²) in [5.74, 6) is -1.70. The summed E-state index contributed by atoms with van der Waals surface area (Å²) in [5.41, 5.74) is 6.30. The standard InChI is InChI=1S/C19H19N7O5S2/c1-10(18(29)30)31-23-12(14-22-19(20)33-24-14)15(27)21-13-16(28)26-8-11(9-32-17(13)26)7-25-5-3-2-4-6-25/h2-6,8,10,13,17H,7,9H2,1H3,(H3-,20,21,22,24,27,29,30)/p+1/t10?,13?,17-/m1/s1. The number of hydrogen-bond donors (Lipinski definition) is 3. The summed E-state index contributed by atoms with van der Waals surface area (Å²) in [6, 6.07) is 5.03. The second-order valence-electron chi connectivity index (χ2n) is 7.22. The molecule has 2 aliphatic heterocycles. The normalized spacial score (nSPS) is 20.9. The topological polar surface area (TPSA) is 164 Å². The first-order valence-corrected chi connectivity index (χ1v) is 11.6. The van der Waals surface area contributed by atoms with E-state index in [9.17, 15) is 14.4 Å². The second-order valence-corrected chi connectivity index (χ2v) is 9.10. The van der Waals surface area contributed by atoms with Crippen molar-refractivity contribution in [2.24, 2.45) is 5.16 Å². The number of fused-ring (bicyclic) bond motifs is 1. The van der Waals surface area contributed by atoms with Crippen molar-refractivity contribution in [3.8, 4) is 0 Å². The van der Waals surface area contributed by atoms with Crippen LogP contribution in [0.4, 0.5) is 5.13 Å². The van der Waals surface area contributed by atoms with Crippen molar-refractivity contribution < 1.29 is 28.9 Å². The lowest BCUT2D eigenvalue weighted by molar-refractivity contribution is -0.689. The molecule has 0 radical (unpaired) electrons. The van der Waals surface area contributed by atoms with E-state index in [1.807, 2.05) is 41.4 Å². The first kappa shape index (κ1) is 22.7. The summed E-state index contributed by atoms with van der Waals surface area (Å²) in [6.07, 6.45) is 4.42. The summed E-state index contributed by atoms with van der Waals surface area (Å²) >= 11 is 2.38. The molecule has 2 unspecified atom stereocenters. The lowest BCUT2D eigenvalue weighted by Gasteiger charge is -2.47. The van der Waals surface area contributed by atoms with Crippen LogP contribution in [-0.4, -0.2) is 66.1 Å². The van der Waals surface area contributed by atoms with E-state index in [1.165, 1.54) is 18.7 Å². The first-order valence-electron chi connectivity index (χ1n) is 9.78. The van der Waals surface area contributed by atoms with Gasteiger partial charge in [-0.25, -0.2) is 9.36 Å². The van der Waals surface area contributed by atoms with E-state index >= 15 is 0 Å². The van der Waals surface area contributed by atoms with Gasteiger partial charge in [-0.3, -0.25) is 9.59 Å². The highest BCUT2D eigenvalue weighted by Crippen LogP contribution is 2.36. The van der Waals surface area contributed by atoms with Crippen LogP contribution in [0.2, 0.25) is 0 Å². The van der Waals surface area contributed by atoms with Crippen LogP contribution >= 0.6 is 23.3 Å². The predicted molar refractivity (Wildman–Crippen MR) is 119 cm³/mol. The number of carboxylic acids is 1. The number of nitrogen functional groups attached to an aromatic ring is 1. The minimum atomic E-state index is -1.30. The number of hydrogen-bond acceptors (Lipinski definition) is 10. The average molecular weight is 491 g/mol. The zero-order chi connectivity index (χ0) is 23.5. The third-order valence-electron chi connectivity index (χ3n) is 4.81. The molecule has 12 nitrogen and oxygen atoms in total. The summed E-state index contributed by atoms with van der Waals surface area (Å²) in [5, 5.41) is 15.1. The van der Waals surface area contributed by atoms with Gasteiger partial charge in [-0.1, -0.05) is 11.2 Å². The number of oxime groups is 1. The van der Waals surface area contributed by atoms with Crippen molar-refractivity contribution >= 4 is 51.9 Å². The summed E-state index contributed by atoms with van der Waals surface area (Å²) in [7, 11) is 0. The molecule has 3 atom stereocenters. The molecular weight excluding hydrogens is 470 g/mol. The number of β-lactam (4-membered cyclic amide) rings is 1. The zero-order valence-corrected chi connectivity index (χ0v) is 19.0. The van der Waals surface area contributed by atoms with Crippen LogP contribution < -0.4 is 15.6 Å². The Balaban J connectivity index is 1.44. The van der Waals surface area contributed by atoms with Gasteiger partial charge in [0.1, 0.15) is 11.4 Å². The average Bonchev–Trinajstić information content (AvgIpc) is 3.23. The fraction of sp³-hybridized carbons (Fsp3) is 0.316. The number of nitrogens with two attached hydrogens (primary N) is 1. The molecule has 33 heavy (non-hydrogen) atoms. The van der Waals surface area contributed by atoms with Gasteiger partial charge in [0, 0.05) is 41.2 Å². The van der Waals surface area contributed by atoms with E-state index in [0.717, 1.165) is 17.1 Å². The van der Waals surface area contributed by atoms with Crippen LogP contribution in [0, 0.1) is 0 Å². The lowest BCUT2D eigenvalue weighted by atomic mass is 10.1. The van der Waals surface area contributed by atoms with Crippen LogP contribution in [0.1, 0.15) is 12.7 Å². The van der Waals surface area contributed by atoms with Gasteiger partial charge in [0.25, 0.3) is 11.8 Å². The Morgan fingerprint density at radius 2 is 2.18 bits per heavy atom. The molecule has 14 heteroatoms. The molecule has 2 amide bonds. The van der Waals surface area contributed by atoms with E-state index in [0.29, 0.717) is 12.3 Å². The number of carbonyl (C=O) groups is 3. The molecule has 0 aliphatic carbocycles. The number of carboxylic acid groups (broad SMARTS) is 1. The van der Waals surface area contributed by atoms with Crippen LogP contribution in [-0.2, 0) is 25.8 Å². The lowest BCUT2D eigenvalue weighted by Crippen LogP contribution is -2.69. The molecule has 2 aromatic rings. The smallest absolute Gasteiger partial charge is 0.347 e. The Kier molecular flexibility index (Phi) is 6.55. The van der Waals surface area contributed by atoms with Crippen molar-refractivity contribution in [3.63, 3.8) is 0 Å². The third kappa shape index (κ3) is 4.96. The number of anilines is 1. The molecule has 1 fully saturated rings. The van der Waals surface area contributed by atoms with E-state index in [4.69, 9.17) is 15.7 Å². The highest BCUT2D eigenvalue weighted by molar-refractivity contribution is 8.00. The number of nitrogens with one attached hydrogen (secondary N) is 1. The molecule has 4 heterocycles. The molecular formula is C19H20N7O5S2+. The minimum Gasteiger partial charge on any atom is -0.478 e. The van der Waals surface area contributed by atoms with E-state index in [2.05, 4.69) is 19.8 Å². The SMILES string of the molecule is CC(ON=C(C(=O)NC1C(=O)N2C=C(C[n+]3ccccc3)CS[C@H]12)c1nsc(N)n1)C(=O)O. The quantitative estimate of drug-likeness (QED) is 0.193. The molecule has 0 bridgehead atoms. The van der Waals surface area contributed by atoms with Crippen molar-refractivity contribution in [2.75, 3.05) is 11.5 Å². The Hall–Kier alpha value is -3.52. The Bertz CT molecular complexity index is 1140. The van der Waals surface area contributed by atoms with Crippen molar-refractivity contribution in [2.45, 2.75) is 31.0 Å². The zero-order valence-electron chi connectivity index (χ0n) is 17.3. The van der Waals surface area contributed by atoms with Crippen molar-refractivity contribution in [1.29, 1.82) is 0 Å². The molecule has 1 saturated heterocycles. The van der Waals surface area contributed by atoms with E-state index < -0.39 is 24.0 Å².